The lowest BCUT2D eigenvalue weighted by molar-refractivity contribution is -0.274. The highest BCUT2D eigenvalue weighted by molar-refractivity contribution is 7.80. The second kappa shape index (κ2) is 7.75. The molecule has 0 atom stereocenters. The maximum Gasteiger partial charge on any atom is 0.573 e. The third kappa shape index (κ3) is 8.80. The van der Waals surface area contributed by atoms with Crippen molar-refractivity contribution in [1.29, 1.82) is 0 Å². The Balaban J connectivity index is 2.37. The SMILES string of the molecule is O=P(O)(O)OCCNC(=S)Nc1ccc(OC(F)(F)F)cc1. The molecule has 0 saturated carbocycles. The van der Waals surface area contributed by atoms with Gasteiger partial charge in [0.25, 0.3) is 0 Å². The molecule has 0 amide bonds. The number of rotatable bonds is 6. The standard InChI is InChI=1S/C10H12F3N2O5PS/c11-10(12,13)20-8-3-1-7(2-4-8)15-9(22)14-5-6-19-21(16,17)18/h1-4H,5-6H2,(H2,14,15,22)(H2,16,17,18). The minimum atomic E-state index is -4.76. The predicted octanol–water partition coefficient (Wildman–Crippen LogP) is 1.98. The van der Waals surface area contributed by atoms with E-state index in [-0.39, 0.29) is 24.0 Å². The van der Waals surface area contributed by atoms with Gasteiger partial charge in [-0.2, -0.15) is 0 Å². The molecule has 0 aliphatic heterocycles. The van der Waals surface area contributed by atoms with Gasteiger partial charge in [0.05, 0.1) is 6.61 Å². The fourth-order valence-electron chi connectivity index (χ4n) is 1.24. The smallest absolute Gasteiger partial charge is 0.406 e. The summed E-state index contributed by atoms with van der Waals surface area (Å²) in [5, 5.41) is 5.37. The minimum Gasteiger partial charge on any atom is -0.406 e. The lowest BCUT2D eigenvalue weighted by Gasteiger charge is -2.12. The van der Waals surface area contributed by atoms with Gasteiger partial charge in [0, 0.05) is 12.2 Å². The van der Waals surface area contributed by atoms with Gasteiger partial charge in [-0.1, -0.05) is 0 Å². The Bertz CT molecular complexity index is 548. The number of ether oxygens (including phenoxy) is 1. The van der Waals surface area contributed by atoms with E-state index in [2.05, 4.69) is 19.9 Å². The summed E-state index contributed by atoms with van der Waals surface area (Å²) in [4.78, 5) is 16.9. The largest absolute Gasteiger partial charge is 0.573 e. The van der Waals surface area contributed by atoms with E-state index >= 15 is 0 Å². The van der Waals surface area contributed by atoms with E-state index in [1.165, 1.54) is 12.1 Å². The first-order chi connectivity index (χ1) is 10.1. The van der Waals surface area contributed by atoms with E-state index in [0.717, 1.165) is 12.1 Å². The number of nitrogens with one attached hydrogen (secondary N) is 2. The average molecular weight is 360 g/mol. The lowest BCUT2D eigenvalue weighted by Crippen LogP contribution is -2.31. The highest BCUT2D eigenvalue weighted by Gasteiger charge is 2.30. The molecule has 0 unspecified atom stereocenters. The number of benzene rings is 1. The second-order valence-electron chi connectivity index (χ2n) is 3.78. The number of hydrogen-bond donors (Lipinski definition) is 4. The lowest BCUT2D eigenvalue weighted by atomic mass is 10.3. The van der Waals surface area contributed by atoms with Crippen LogP contribution in [0.5, 0.6) is 5.75 Å². The summed E-state index contributed by atoms with van der Waals surface area (Å²) in [6, 6.07) is 4.85. The molecule has 1 aromatic rings. The molecular weight excluding hydrogens is 348 g/mol. The van der Waals surface area contributed by atoms with Crippen molar-refractivity contribution in [1.82, 2.24) is 5.32 Å². The van der Waals surface area contributed by atoms with E-state index in [1.54, 1.807) is 0 Å². The summed E-state index contributed by atoms with van der Waals surface area (Å²) in [5.41, 5.74) is 0.405. The number of alkyl halides is 3. The van der Waals surface area contributed by atoms with Crippen molar-refractivity contribution in [3.8, 4) is 5.75 Å². The number of thiocarbonyl (C=S) groups is 1. The van der Waals surface area contributed by atoms with Crippen molar-refractivity contribution in [2.24, 2.45) is 0 Å². The van der Waals surface area contributed by atoms with Crippen molar-refractivity contribution in [3.05, 3.63) is 24.3 Å². The van der Waals surface area contributed by atoms with Crippen molar-refractivity contribution in [3.63, 3.8) is 0 Å². The molecule has 124 valence electrons. The Kier molecular flexibility index (Phi) is 6.57. The van der Waals surface area contributed by atoms with Crippen LogP contribution in [0.4, 0.5) is 18.9 Å². The molecule has 0 saturated heterocycles. The van der Waals surface area contributed by atoms with Crippen LogP contribution >= 0.6 is 20.0 Å². The Morgan fingerprint density at radius 2 is 1.86 bits per heavy atom. The summed E-state index contributed by atoms with van der Waals surface area (Å²) in [7, 11) is -4.52. The van der Waals surface area contributed by atoms with Gasteiger partial charge in [-0.25, -0.2) is 4.57 Å². The highest BCUT2D eigenvalue weighted by atomic mass is 32.1. The maximum atomic E-state index is 12.0. The molecule has 7 nitrogen and oxygen atoms in total. The maximum absolute atomic E-state index is 12.0. The van der Waals surface area contributed by atoms with Crippen LogP contribution in [0.3, 0.4) is 0 Å². The van der Waals surface area contributed by atoms with Gasteiger partial charge in [-0.05, 0) is 36.5 Å². The first kappa shape index (κ1) is 18.7. The first-order valence-corrected chi connectivity index (χ1v) is 7.60. The van der Waals surface area contributed by atoms with Crippen LogP contribution in [0, 0.1) is 0 Å². The molecule has 12 heteroatoms. The van der Waals surface area contributed by atoms with Crippen molar-refractivity contribution < 1.29 is 36.8 Å². The van der Waals surface area contributed by atoms with Crippen LogP contribution in [-0.2, 0) is 9.09 Å². The molecule has 22 heavy (non-hydrogen) atoms. The fourth-order valence-corrected chi connectivity index (χ4v) is 1.79. The molecule has 1 rings (SSSR count). The Labute approximate surface area is 128 Å². The number of phosphoric acid groups is 1. The Morgan fingerprint density at radius 1 is 1.27 bits per heavy atom. The fraction of sp³-hybridized carbons (Fsp3) is 0.300. The normalized spacial score (nSPS) is 11.9. The van der Waals surface area contributed by atoms with E-state index in [1.807, 2.05) is 0 Å². The third-order valence-corrected chi connectivity index (χ3v) is 2.76. The third-order valence-electron chi connectivity index (χ3n) is 1.99. The number of phosphoric ester groups is 1. The minimum absolute atomic E-state index is 0.0339. The zero-order valence-corrected chi connectivity index (χ0v) is 12.5. The molecule has 0 radical (unpaired) electrons. The molecule has 0 spiro atoms. The average Bonchev–Trinajstić information content (AvgIpc) is 2.34. The van der Waals surface area contributed by atoms with Gasteiger partial charge in [-0.15, -0.1) is 13.2 Å². The zero-order valence-electron chi connectivity index (χ0n) is 10.8. The van der Waals surface area contributed by atoms with Crippen molar-refractivity contribution in [2.75, 3.05) is 18.5 Å². The van der Waals surface area contributed by atoms with Crippen LogP contribution in [0.2, 0.25) is 0 Å². The first-order valence-electron chi connectivity index (χ1n) is 5.66. The number of hydrogen-bond acceptors (Lipinski definition) is 4. The van der Waals surface area contributed by atoms with Crippen molar-refractivity contribution in [2.45, 2.75) is 6.36 Å². The zero-order chi connectivity index (χ0) is 16.8. The van der Waals surface area contributed by atoms with Crippen LogP contribution in [0.15, 0.2) is 24.3 Å². The van der Waals surface area contributed by atoms with E-state index < -0.39 is 14.2 Å². The summed E-state index contributed by atoms with van der Waals surface area (Å²) in [6.07, 6.45) is -4.76. The van der Waals surface area contributed by atoms with E-state index in [9.17, 15) is 17.7 Å². The van der Waals surface area contributed by atoms with Gasteiger partial charge < -0.3 is 25.2 Å². The quantitative estimate of drug-likeness (QED) is 0.347. The molecule has 0 fully saturated rings. The predicted molar refractivity (Wildman–Crippen MR) is 75.3 cm³/mol. The monoisotopic (exact) mass is 360 g/mol. The van der Waals surface area contributed by atoms with Crippen molar-refractivity contribution >= 4 is 30.8 Å². The molecule has 0 aliphatic carbocycles. The molecule has 0 aliphatic rings. The Hall–Kier alpha value is -1.39. The van der Waals surface area contributed by atoms with E-state index in [0.29, 0.717) is 5.69 Å². The molecule has 0 heterocycles. The van der Waals surface area contributed by atoms with Crippen LogP contribution in [0.1, 0.15) is 0 Å². The van der Waals surface area contributed by atoms with E-state index in [4.69, 9.17) is 22.0 Å². The summed E-state index contributed by atoms with van der Waals surface area (Å²) < 4.78 is 54.2. The van der Waals surface area contributed by atoms with Crippen LogP contribution in [0.25, 0.3) is 0 Å². The number of anilines is 1. The second-order valence-corrected chi connectivity index (χ2v) is 5.42. The highest BCUT2D eigenvalue weighted by Crippen LogP contribution is 2.35. The summed E-state index contributed by atoms with van der Waals surface area (Å²) >= 11 is 4.88. The van der Waals surface area contributed by atoms with Gasteiger partial charge in [0.2, 0.25) is 0 Å². The number of halogens is 3. The molecular formula is C10H12F3N2O5PS. The van der Waals surface area contributed by atoms with Crippen LogP contribution < -0.4 is 15.4 Å². The van der Waals surface area contributed by atoms with Gasteiger partial charge in [0.15, 0.2) is 5.11 Å². The van der Waals surface area contributed by atoms with Gasteiger partial charge in [-0.3, -0.25) is 4.52 Å². The molecule has 0 aromatic heterocycles. The summed E-state index contributed by atoms with van der Waals surface area (Å²) in [6.45, 7) is -0.239. The van der Waals surface area contributed by atoms with Gasteiger partial charge >= 0.3 is 14.2 Å². The molecule has 1 aromatic carbocycles. The van der Waals surface area contributed by atoms with Gasteiger partial charge in [0.1, 0.15) is 5.75 Å². The summed E-state index contributed by atoms with van der Waals surface area (Å²) in [5.74, 6) is -0.369. The molecule has 4 N–H and O–H groups in total. The Morgan fingerprint density at radius 3 is 2.36 bits per heavy atom. The van der Waals surface area contributed by atoms with Crippen LogP contribution in [-0.4, -0.2) is 34.4 Å². The topological polar surface area (TPSA) is 100 Å². The molecule has 0 bridgehead atoms.